The van der Waals surface area contributed by atoms with E-state index < -0.39 is 0 Å². The van der Waals surface area contributed by atoms with Crippen LogP contribution < -0.4 is 16.8 Å². The summed E-state index contributed by atoms with van der Waals surface area (Å²) in [5.41, 5.74) is 14.4. The zero-order valence-corrected chi connectivity index (χ0v) is 10.8. The summed E-state index contributed by atoms with van der Waals surface area (Å²) in [6, 6.07) is 6.36. The van der Waals surface area contributed by atoms with Crippen molar-refractivity contribution in [1.82, 2.24) is 0 Å². The Balaban J connectivity index is 2.03. The molecule has 0 radical (unpaired) electrons. The number of hydrogen-bond acceptors (Lipinski definition) is 3. The molecule has 1 aromatic carbocycles. The molecule has 0 aromatic heterocycles. The molecule has 3 heteroatoms. The van der Waals surface area contributed by atoms with Gasteiger partial charge in [0.25, 0.3) is 0 Å². The molecule has 1 aliphatic rings. The lowest BCUT2D eigenvalue weighted by Crippen LogP contribution is -2.31. The predicted octanol–water partition coefficient (Wildman–Crippen LogP) is 3.23. The SMILES string of the molecule is CC1(C)CCCC(Nc2ccc(N)c(N)c2)C1. The highest BCUT2D eigenvalue weighted by Gasteiger charge is 2.27. The molecule has 0 aliphatic heterocycles. The summed E-state index contributed by atoms with van der Waals surface area (Å²) in [7, 11) is 0. The van der Waals surface area contributed by atoms with Crippen LogP contribution in [0, 0.1) is 5.41 Å². The van der Waals surface area contributed by atoms with E-state index in [9.17, 15) is 0 Å². The number of benzene rings is 1. The Morgan fingerprint density at radius 2 is 2.00 bits per heavy atom. The van der Waals surface area contributed by atoms with Gasteiger partial charge in [-0.05, 0) is 42.9 Å². The van der Waals surface area contributed by atoms with Gasteiger partial charge in [0.1, 0.15) is 0 Å². The first-order chi connectivity index (χ1) is 7.96. The van der Waals surface area contributed by atoms with Crippen LogP contribution in [-0.4, -0.2) is 6.04 Å². The van der Waals surface area contributed by atoms with E-state index in [0.717, 1.165) is 5.69 Å². The minimum atomic E-state index is 0.454. The average Bonchev–Trinajstić information content (AvgIpc) is 2.22. The van der Waals surface area contributed by atoms with Gasteiger partial charge in [-0.15, -0.1) is 0 Å². The van der Waals surface area contributed by atoms with Crippen molar-refractivity contribution in [3.63, 3.8) is 0 Å². The van der Waals surface area contributed by atoms with Crippen molar-refractivity contribution in [3.8, 4) is 0 Å². The maximum atomic E-state index is 5.81. The van der Waals surface area contributed by atoms with Gasteiger partial charge in [0.2, 0.25) is 0 Å². The van der Waals surface area contributed by atoms with Crippen LogP contribution in [0.15, 0.2) is 18.2 Å². The molecule has 5 N–H and O–H groups in total. The largest absolute Gasteiger partial charge is 0.397 e. The third-order valence-corrected chi connectivity index (χ3v) is 3.66. The van der Waals surface area contributed by atoms with Crippen LogP contribution in [0.5, 0.6) is 0 Å². The summed E-state index contributed by atoms with van der Waals surface area (Å²) < 4.78 is 0. The molecule has 1 atom stereocenters. The van der Waals surface area contributed by atoms with Crippen LogP contribution in [0.25, 0.3) is 0 Å². The number of nitrogens with two attached hydrogens (primary N) is 2. The maximum Gasteiger partial charge on any atom is 0.0568 e. The highest BCUT2D eigenvalue weighted by atomic mass is 14.9. The van der Waals surface area contributed by atoms with E-state index in [1.54, 1.807) is 0 Å². The van der Waals surface area contributed by atoms with E-state index in [1.165, 1.54) is 25.7 Å². The lowest BCUT2D eigenvalue weighted by atomic mass is 9.75. The van der Waals surface area contributed by atoms with E-state index >= 15 is 0 Å². The Hall–Kier alpha value is -1.38. The first-order valence-corrected chi connectivity index (χ1v) is 6.38. The first-order valence-electron chi connectivity index (χ1n) is 6.38. The molecular weight excluding hydrogens is 210 g/mol. The fourth-order valence-electron chi connectivity index (χ4n) is 2.72. The molecule has 0 amide bonds. The summed E-state index contributed by atoms with van der Waals surface area (Å²) in [6.45, 7) is 4.69. The van der Waals surface area contributed by atoms with Gasteiger partial charge in [-0.2, -0.15) is 0 Å². The number of nitrogens with one attached hydrogen (secondary N) is 1. The minimum Gasteiger partial charge on any atom is -0.397 e. The summed E-state index contributed by atoms with van der Waals surface area (Å²) in [5, 5.41) is 3.57. The number of nitrogen functional groups attached to an aromatic ring is 2. The minimum absolute atomic E-state index is 0.454. The summed E-state index contributed by atoms with van der Waals surface area (Å²) >= 11 is 0. The predicted molar refractivity (Wildman–Crippen MR) is 74.9 cm³/mol. The zero-order valence-electron chi connectivity index (χ0n) is 10.8. The molecule has 1 unspecified atom stereocenters. The number of anilines is 3. The standard InChI is InChI=1S/C14H23N3/c1-14(2)7-3-4-11(9-14)17-10-5-6-12(15)13(16)8-10/h5-6,8,11,17H,3-4,7,9,15-16H2,1-2H3. The van der Waals surface area contributed by atoms with E-state index in [2.05, 4.69) is 19.2 Å². The van der Waals surface area contributed by atoms with Gasteiger partial charge in [0.05, 0.1) is 11.4 Å². The van der Waals surface area contributed by atoms with Crippen molar-refractivity contribution in [3.05, 3.63) is 18.2 Å². The van der Waals surface area contributed by atoms with E-state index in [-0.39, 0.29) is 0 Å². The second-order valence-corrected chi connectivity index (χ2v) is 5.95. The molecule has 0 heterocycles. The smallest absolute Gasteiger partial charge is 0.0568 e. The second-order valence-electron chi connectivity index (χ2n) is 5.95. The molecule has 17 heavy (non-hydrogen) atoms. The quantitative estimate of drug-likeness (QED) is 0.687. The highest BCUT2D eigenvalue weighted by molar-refractivity contribution is 5.69. The lowest BCUT2D eigenvalue weighted by Gasteiger charge is -2.36. The van der Waals surface area contributed by atoms with Crippen LogP contribution in [0.1, 0.15) is 39.5 Å². The van der Waals surface area contributed by atoms with Crippen molar-refractivity contribution < 1.29 is 0 Å². The average molecular weight is 233 g/mol. The van der Waals surface area contributed by atoms with Crippen molar-refractivity contribution >= 4 is 17.1 Å². The Morgan fingerprint density at radius 3 is 2.65 bits per heavy atom. The van der Waals surface area contributed by atoms with Crippen LogP contribution in [0.2, 0.25) is 0 Å². The second kappa shape index (κ2) is 4.47. The maximum absolute atomic E-state index is 5.81. The van der Waals surface area contributed by atoms with Crippen LogP contribution >= 0.6 is 0 Å². The van der Waals surface area contributed by atoms with Crippen LogP contribution in [-0.2, 0) is 0 Å². The normalized spacial score (nSPS) is 23.3. The van der Waals surface area contributed by atoms with Crippen LogP contribution in [0.3, 0.4) is 0 Å². The van der Waals surface area contributed by atoms with E-state index in [0.29, 0.717) is 22.8 Å². The van der Waals surface area contributed by atoms with Gasteiger partial charge < -0.3 is 16.8 Å². The van der Waals surface area contributed by atoms with Crippen LogP contribution in [0.4, 0.5) is 17.1 Å². The summed E-state index contributed by atoms with van der Waals surface area (Å²) in [6.07, 6.45) is 5.09. The lowest BCUT2D eigenvalue weighted by molar-refractivity contribution is 0.229. The summed E-state index contributed by atoms with van der Waals surface area (Å²) in [5.74, 6) is 0. The Morgan fingerprint density at radius 1 is 1.24 bits per heavy atom. The molecule has 0 bridgehead atoms. The van der Waals surface area contributed by atoms with Gasteiger partial charge >= 0.3 is 0 Å². The molecule has 1 aromatic rings. The first kappa shape index (κ1) is 12.1. The van der Waals surface area contributed by atoms with Gasteiger partial charge in [-0.3, -0.25) is 0 Å². The van der Waals surface area contributed by atoms with E-state index in [1.807, 2.05) is 18.2 Å². The van der Waals surface area contributed by atoms with E-state index in [4.69, 9.17) is 11.5 Å². The third-order valence-electron chi connectivity index (χ3n) is 3.66. The third kappa shape index (κ3) is 3.05. The molecule has 1 saturated carbocycles. The highest BCUT2D eigenvalue weighted by Crippen LogP contribution is 2.36. The summed E-state index contributed by atoms with van der Waals surface area (Å²) in [4.78, 5) is 0. The molecule has 94 valence electrons. The van der Waals surface area contributed by atoms with Crippen molar-refractivity contribution in [1.29, 1.82) is 0 Å². The zero-order chi connectivity index (χ0) is 12.5. The molecule has 3 nitrogen and oxygen atoms in total. The van der Waals surface area contributed by atoms with Gasteiger partial charge in [-0.1, -0.05) is 20.3 Å². The van der Waals surface area contributed by atoms with Crippen molar-refractivity contribution in [2.75, 3.05) is 16.8 Å². The fourth-order valence-corrected chi connectivity index (χ4v) is 2.72. The van der Waals surface area contributed by atoms with Gasteiger partial charge in [0, 0.05) is 11.7 Å². The number of rotatable bonds is 2. The van der Waals surface area contributed by atoms with Crippen molar-refractivity contribution in [2.24, 2.45) is 5.41 Å². The fraction of sp³-hybridized carbons (Fsp3) is 0.571. The molecule has 2 rings (SSSR count). The molecule has 0 saturated heterocycles. The Kier molecular flexibility index (Phi) is 3.18. The van der Waals surface area contributed by atoms with Crippen molar-refractivity contribution in [2.45, 2.75) is 45.6 Å². The molecule has 0 spiro atoms. The Bertz CT molecular complexity index is 398. The monoisotopic (exact) mass is 233 g/mol. The molecule has 1 fully saturated rings. The molecular formula is C14H23N3. The van der Waals surface area contributed by atoms with Gasteiger partial charge in [0.15, 0.2) is 0 Å². The molecule has 1 aliphatic carbocycles. The topological polar surface area (TPSA) is 64.1 Å². The Labute approximate surface area is 104 Å². The number of hydrogen-bond donors (Lipinski definition) is 3. The van der Waals surface area contributed by atoms with Gasteiger partial charge in [-0.25, -0.2) is 0 Å².